The molecule has 0 bridgehead atoms. The Hall–Kier alpha value is -0.0600. The highest BCUT2D eigenvalue weighted by molar-refractivity contribution is 7.33. The normalized spacial score (nSPS) is 28.1. The van der Waals surface area contributed by atoms with E-state index in [1.54, 1.807) is 0 Å². The van der Waals surface area contributed by atoms with Gasteiger partial charge in [-0.2, -0.15) is 0 Å². The fourth-order valence-corrected chi connectivity index (χ4v) is 6.14. The lowest BCUT2D eigenvalue weighted by atomic mass is 9.68. The summed E-state index contributed by atoms with van der Waals surface area (Å²) in [7, 11) is -2.12. The van der Waals surface area contributed by atoms with E-state index >= 15 is 0 Å². The first-order chi connectivity index (χ1) is 14.9. The van der Waals surface area contributed by atoms with Crippen LogP contribution >= 0.6 is 31.5 Å². The summed E-state index contributed by atoms with van der Waals surface area (Å²) in [4.78, 5) is 23.9. The minimum atomic E-state index is -2.12. The van der Waals surface area contributed by atoms with Crippen LogP contribution in [0.3, 0.4) is 0 Å². The maximum atomic E-state index is 12.0. The van der Waals surface area contributed by atoms with Crippen LogP contribution in [-0.2, 0) is 23.2 Å². The maximum absolute atomic E-state index is 12.0. The molecule has 0 N–H and O–H groups in total. The van der Waals surface area contributed by atoms with Crippen LogP contribution in [0.15, 0.2) is 0 Å². The topological polar surface area (TPSA) is 69.7 Å². The Kier molecular flexibility index (Phi) is 11.1. The molecule has 0 aromatic heterocycles. The Morgan fingerprint density at radius 1 is 0.781 bits per heavy atom. The molecule has 0 amide bonds. The lowest BCUT2D eigenvalue weighted by molar-refractivity contribution is -0.123. The molecule has 2 rings (SSSR count). The van der Waals surface area contributed by atoms with Gasteiger partial charge >= 0.3 is 8.25 Å². The molecule has 0 aromatic rings. The molecular weight excluding hydrogens is 470 g/mol. The zero-order valence-corrected chi connectivity index (χ0v) is 22.4. The maximum Gasteiger partial charge on any atom is 0.697 e. The van der Waals surface area contributed by atoms with Gasteiger partial charge in [0.15, 0.2) is 11.6 Å². The summed E-state index contributed by atoms with van der Waals surface area (Å²) in [5.74, 6) is 0.997. The molecule has 2 aliphatic carbocycles. The number of carbonyl (C=O) groups excluding carboxylic acids is 2. The molecule has 4 atom stereocenters. The largest absolute Gasteiger partial charge is 0.697 e. The van der Waals surface area contributed by atoms with Crippen molar-refractivity contribution in [2.24, 2.45) is 22.7 Å². The predicted octanol–water partition coefficient (Wildman–Crippen LogP) is 7.24. The molecule has 2 aliphatic rings. The number of Topliss-reactive ketones (excluding diaryl/α,β-unsaturated/α-hetero) is 2. The standard InChI is InChI=1S/C24H40Cl2O5P/c1-23(2,17-7-9-19(25)21(27)15-17)11-5-13-30-32(29)31-14-6-12-24(3,4)18-8-10-20(26)22(28)16-18/h17-20H,5-16H2,1-4H3/q+1. The minimum Gasteiger partial charge on any atom is -0.298 e. The van der Waals surface area contributed by atoms with Crippen molar-refractivity contribution in [1.82, 2.24) is 0 Å². The van der Waals surface area contributed by atoms with E-state index in [9.17, 15) is 14.2 Å². The number of rotatable bonds is 12. The summed E-state index contributed by atoms with van der Waals surface area (Å²) >= 11 is 12.1. The second-order valence-corrected chi connectivity index (χ2v) is 12.9. The third kappa shape index (κ3) is 8.62. The molecule has 8 heteroatoms. The van der Waals surface area contributed by atoms with Gasteiger partial charge in [-0.1, -0.05) is 27.7 Å². The smallest absolute Gasteiger partial charge is 0.298 e. The highest BCUT2D eigenvalue weighted by atomic mass is 35.5. The fourth-order valence-electron chi connectivity index (χ4n) is 5.08. The lowest BCUT2D eigenvalue weighted by Crippen LogP contribution is -2.34. The summed E-state index contributed by atoms with van der Waals surface area (Å²) < 4.78 is 22.8. The van der Waals surface area contributed by atoms with Gasteiger partial charge in [-0.25, -0.2) is 0 Å². The van der Waals surface area contributed by atoms with Gasteiger partial charge in [0.1, 0.15) is 13.2 Å². The van der Waals surface area contributed by atoms with Crippen molar-refractivity contribution in [2.45, 2.75) is 103 Å². The SMILES string of the molecule is CC(C)(CCCO[P+](=O)OCCCC(C)(C)C1CCC(Cl)C(=O)C1)C1CCC(Cl)C(=O)C1. The van der Waals surface area contributed by atoms with Crippen LogP contribution in [-0.4, -0.2) is 35.5 Å². The molecule has 0 spiro atoms. The predicted molar refractivity (Wildman–Crippen MR) is 130 cm³/mol. The van der Waals surface area contributed by atoms with Crippen molar-refractivity contribution < 1.29 is 23.2 Å². The lowest BCUT2D eigenvalue weighted by Gasteiger charge is -2.37. The number of halogens is 2. The molecule has 2 fully saturated rings. The Morgan fingerprint density at radius 2 is 1.16 bits per heavy atom. The second kappa shape index (κ2) is 12.6. The van der Waals surface area contributed by atoms with Gasteiger partial charge in [0, 0.05) is 17.4 Å². The van der Waals surface area contributed by atoms with Gasteiger partial charge in [-0.15, -0.1) is 32.2 Å². The van der Waals surface area contributed by atoms with E-state index in [0.717, 1.165) is 51.4 Å². The van der Waals surface area contributed by atoms with Crippen molar-refractivity contribution >= 4 is 43.0 Å². The monoisotopic (exact) mass is 509 g/mol. The Balaban J connectivity index is 1.58. The number of hydrogen-bond acceptors (Lipinski definition) is 5. The van der Waals surface area contributed by atoms with Gasteiger partial charge in [-0.3, -0.25) is 9.59 Å². The molecule has 2 saturated carbocycles. The average molecular weight is 510 g/mol. The van der Waals surface area contributed by atoms with Gasteiger partial charge < -0.3 is 0 Å². The highest BCUT2D eigenvalue weighted by Gasteiger charge is 2.37. The third-order valence-electron chi connectivity index (χ3n) is 7.67. The first-order valence-electron chi connectivity index (χ1n) is 12.0. The Morgan fingerprint density at radius 3 is 1.50 bits per heavy atom. The quantitative estimate of drug-likeness (QED) is 0.157. The number of hydrogen-bond donors (Lipinski definition) is 0. The van der Waals surface area contributed by atoms with E-state index in [2.05, 4.69) is 27.7 Å². The summed E-state index contributed by atoms with van der Waals surface area (Å²) in [6.07, 6.45) is 7.92. The third-order valence-corrected chi connectivity index (χ3v) is 9.38. The van der Waals surface area contributed by atoms with Crippen LogP contribution in [0.25, 0.3) is 0 Å². The van der Waals surface area contributed by atoms with E-state index < -0.39 is 8.25 Å². The van der Waals surface area contributed by atoms with Gasteiger partial charge in [0.2, 0.25) is 0 Å². The van der Waals surface area contributed by atoms with Crippen LogP contribution in [0.2, 0.25) is 0 Å². The van der Waals surface area contributed by atoms with Crippen molar-refractivity contribution in [3.8, 4) is 0 Å². The molecule has 4 unspecified atom stereocenters. The van der Waals surface area contributed by atoms with Gasteiger partial charge in [0.25, 0.3) is 0 Å². The Labute approximate surface area is 204 Å². The molecule has 184 valence electrons. The molecule has 0 heterocycles. The molecule has 0 aromatic carbocycles. The van der Waals surface area contributed by atoms with Crippen LogP contribution in [0.4, 0.5) is 0 Å². The molecule has 0 saturated heterocycles. The molecule has 0 radical (unpaired) electrons. The average Bonchev–Trinajstić information content (AvgIpc) is 2.72. The molecule has 0 aliphatic heterocycles. The van der Waals surface area contributed by atoms with E-state index in [4.69, 9.17) is 32.2 Å². The van der Waals surface area contributed by atoms with E-state index in [1.807, 2.05) is 0 Å². The van der Waals surface area contributed by atoms with Crippen molar-refractivity contribution in [3.05, 3.63) is 0 Å². The van der Waals surface area contributed by atoms with Crippen molar-refractivity contribution in [2.75, 3.05) is 13.2 Å². The first-order valence-corrected chi connectivity index (χ1v) is 14.0. The minimum absolute atomic E-state index is 0.0259. The molecule has 5 nitrogen and oxygen atoms in total. The summed E-state index contributed by atoms with van der Waals surface area (Å²) in [5, 5.41) is -0.638. The second-order valence-electron chi connectivity index (χ2n) is 10.9. The van der Waals surface area contributed by atoms with Crippen LogP contribution in [0.1, 0.15) is 91.9 Å². The highest BCUT2D eigenvalue weighted by Crippen LogP contribution is 2.43. The van der Waals surface area contributed by atoms with E-state index in [1.165, 1.54) is 0 Å². The van der Waals surface area contributed by atoms with E-state index in [0.29, 0.717) is 37.9 Å². The molecule has 32 heavy (non-hydrogen) atoms. The number of alkyl halides is 2. The summed E-state index contributed by atoms with van der Waals surface area (Å²) in [6.45, 7) is 9.51. The van der Waals surface area contributed by atoms with Crippen LogP contribution < -0.4 is 0 Å². The summed E-state index contributed by atoms with van der Waals surface area (Å²) in [5.41, 5.74) is 0.0518. The van der Waals surface area contributed by atoms with Crippen LogP contribution in [0.5, 0.6) is 0 Å². The number of carbonyl (C=O) groups is 2. The van der Waals surface area contributed by atoms with Gasteiger partial charge in [-0.05, 0) is 74.0 Å². The van der Waals surface area contributed by atoms with E-state index in [-0.39, 0.29) is 33.2 Å². The summed E-state index contributed by atoms with van der Waals surface area (Å²) in [6, 6.07) is 0. The number of ketones is 2. The van der Waals surface area contributed by atoms with Crippen molar-refractivity contribution in [1.29, 1.82) is 0 Å². The molecular formula is C24H40Cl2O5P+. The van der Waals surface area contributed by atoms with Gasteiger partial charge in [0.05, 0.1) is 10.8 Å². The zero-order chi connectivity index (χ0) is 23.9. The zero-order valence-electron chi connectivity index (χ0n) is 20.0. The fraction of sp³-hybridized carbons (Fsp3) is 0.917. The van der Waals surface area contributed by atoms with Crippen LogP contribution in [0, 0.1) is 22.7 Å². The van der Waals surface area contributed by atoms with Crippen molar-refractivity contribution in [3.63, 3.8) is 0 Å². The first kappa shape index (κ1) is 28.2. The Bertz CT molecular complexity index is 613.